The number of alkyl halides is 7. The van der Waals surface area contributed by atoms with Crippen molar-refractivity contribution < 1.29 is 79.8 Å². The Morgan fingerprint density at radius 1 is 0.338 bits per heavy atom. The number of halogens is 8. The summed E-state index contributed by atoms with van der Waals surface area (Å²) in [4.78, 5) is 43.4. The van der Waals surface area contributed by atoms with E-state index >= 15 is 0 Å². The molecule has 12 aromatic carbocycles. The number of hydrogen-bond acceptors (Lipinski definition) is 6. The third-order valence-corrected chi connectivity index (χ3v) is 23.8. The van der Waals surface area contributed by atoms with E-state index in [-0.39, 0.29) is 17.1 Å². The zero-order chi connectivity index (χ0) is 97.0. The fourth-order valence-corrected chi connectivity index (χ4v) is 17.8. The summed E-state index contributed by atoms with van der Waals surface area (Å²) in [5.74, 6) is -7.06. The first-order valence-corrected chi connectivity index (χ1v) is 45.0. The fraction of sp³-hybridized carbons (Fsp3) is 0.153. The van der Waals surface area contributed by atoms with Crippen LogP contribution in [0.4, 0.5) is 30.7 Å². The molecule has 0 radical (unpaired) electrons. The van der Waals surface area contributed by atoms with E-state index in [1.807, 2.05) is 167 Å². The maximum absolute atomic E-state index is 14.1. The molecule has 4 N–H and O–H groups in total. The van der Waals surface area contributed by atoms with E-state index < -0.39 is 42.3 Å². The molecule has 0 amide bonds. The first kappa shape index (κ1) is 98.3. The van der Waals surface area contributed by atoms with Crippen LogP contribution in [0.3, 0.4) is 0 Å². The van der Waals surface area contributed by atoms with Gasteiger partial charge in [-0.05, 0) is 291 Å². The topological polar surface area (TPSA) is 168 Å². The van der Waals surface area contributed by atoms with Crippen molar-refractivity contribution in [2.24, 2.45) is 0 Å². The molecule has 18 heteroatoms. The third kappa shape index (κ3) is 25.8. The number of carboxylic acids is 4. The maximum atomic E-state index is 14.1. The van der Waals surface area contributed by atoms with Gasteiger partial charge in [-0.3, -0.25) is 0 Å². The molecule has 0 aliphatic heterocycles. The van der Waals surface area contributed by atoms with Crippen molar-refractivity contribution in [3.63, 3.8) is 0 Å². The van der Waals surface area contributed by atoms with E-state index in [4.69, 9.17) is 36.8 Å². The standard InChI is InChI=1S/C30H26F2O3.C30H26F2O2.C29H25ClO2.C29H23F3O3/c1-3-27(24-9-6-10-26(19-24)35-30(2,31)32)29(25-17-22-7-4-5-8-23(22)18-25)21-14-11-20(12-15-21)13-16-28(33)34;1-3-27(24-9-6-10-26(19-24)30(2,31)32)29(25-17-22-7-4-5-8-23(22)18-25)21-14-11-20(12-15-21)13-16-28(33)34;1-3-25(26-14-8-19(2)16-27(26)30)29(24-17-22-6-4-5-7-23(22)18-24)21-12-9-20(10-13-21)11-15-28(31)32;1-2-24(25-9-5-6-10-26(25)35-29(30,31)32)28(23-17-21-7-3-4-8-22(21)18-23)20-14-11-19(12-15-20)13-16-27(33)34/h4-17,19H,3,18H2,1-2H3,(H,33,34);4-17,19H,3,18H2,1-2H3,(H,33,34);4-17H,3,18H2,1-2H3,(H,31,32);3-17H,2,18H2,1H3,(H,33,34)/b2*16-13+,29-27+;15-11+,29-25+;16-13+,28-24+. The van der Waals surface area contributed by atoms with Crippen LogP contribution in [-0.2, 0) is 50.8 Å². The van der Waals surface area contributed by atoms with Gasteiger partial charge >= 0.3 is 36.3 Å². The lowest BCUT2D eigenvalue weighted by Crippen LogP contribution is -2.19. The molecule has 136 heavy (non-hydrogen) atoms. The monoisotopic (exact) mass is 1840 g/mol. The first-order chi connectivity index (χ1) is 65.2. The molecule has 0 saturated carbocycles. The van der Waals surface area contributed by atoms with E-state index in [9.17, 15) is 49.9 Å². The number of allylic oxidation sites excluding steroid dienone is 12. The second kappa shape index (κ2) is 44.6. The molecule has 0 bridgehead atoms. The lowest BCUT2D eigenvalue weighted by atomic mass is 9.86. The molecule has 0 spiro atoms. The van der Waals surface area contributed by atoms with Gasteiger partial charge in [-0.15, -0.1) is 13.2 Å². The molecule has 10 nitrogen and oxygen atoms in total. The average Bonchev–Trinajstić information content (AvgIpc) is 1.56. The average molecular weight is 1850 g/mol. The van der Waals surface area contributed by atoms with Crippen LogP contribution in [0.15, 0.2) is 332 Å². The molecule has 0 aromatic heterocycles. The summed E-state index contributed by atoms with van der Waals surface area (Å²) in [6.07, 6.45) is 17.0. The van der Waals surface area contributed by atoms with Crippen molar-refractivity contribution in [1.82, 2.24) is 0 Å². The number of hydrogen-bond donors (Lipinski definition) is 4. The number of fused-ring (bicyclic) bond motifs is 4. The molecule has 0 saturated heterocycles. The smallest absolute Gasteiger partial charge is 0.478 e. The molecule has 0 fully saturated rings. The van der Waals surface area contributed by atoms with Crippen LogP contribution in [0, 0.1) is 6.92 Å². The number of benzene rings is 12. The van der Waals surface area contributed by atoms with Gasteiger partial charge in [0.1, 0.15) is 11.5 Å². The summed E-state index contributed by atoms with van der Waals surface area (Å²) < 4.78 is 104. The van der Waals surface area contributed by atoms with Crippen molar-refractivity contribution in [3.8, 4) is 11.5 Å². The summed E-state index contributed by atoms with van der Waals surface area (Å²) in [5.41, 5.74) is 33.4. The van der Waals surface area contributed by atoms with E-state index in [1.165, 1.54) is 80.4 Å². The molecule has 12 aromatic rings. The molecular weight excluding hydrogens is 1750 g/mol. The van der Waals surface area contributed by atoms with Gasteiger partial charge in [0.15, 0.2) is 0 Å². The Balaban J connectivity index is 0.000000153. The Labute approximate surface area is 792 Å². The number of ether oxygens (including phenoxy) is 2. The Morgan fingerprint density at radius 2 is 0.654 bits per heavy atom. The highest BCUT2D eigenvalue weighted by molar-refractivity contribution is 6.33. The molecule has 0 atom stereocenters. The van der Waals surface area contributed by atoms with Crippen LogP contribution in [0.1, 0.15) is 190 Å². The highest BCUT2D eigenvalue weighted by Crippen LogP contribution is 2.48. The summed E-state index contributed by atoms with van der Waals surface area (Å²) >= 11 is 6.71. The van der Waals surface area contributed by atoms with Crippen LogP contribution < -0.4 is 9.47 Å². The number of para-hydroxylation sites is 1. The van der Waals surface area contributed by atoms with Crippen LogP contribution in [0.2, 0.25) is 5.02 Å². The predicted octanol–water partition coefficient (Wildman–Crippen LogP) is 30.9. The molecular formula is C118H100ClF7O10. The second-order valence-corrected chi connectivity index (χ2v) is 33.5. The molecule has 4 aliphatic rings. The van der Waals surface area contributed by atoms with Gasteiger partial charge in [0.2, 0.25) is 0 Å². The lowest BCUT2D eigenvalue weighted by molar-refractivity contribution is -0.274. The Hall–Kier alpha value is -15.2. The number of rotatable bonds is 28. The molecule has 0 heterocycles. The van der Waals surface area contributed by atoms with Crippen molar-refractivity contribution in [2.45, 2.75) is 118 Å². The van der Waals surface area contributed by atoms with Crippen LogP contribution in [0.25, 0.3) is 93.2 Å². The second-order valence-electron chi connectivity index (χ2n) is 33.1. The van der Waals surface area contributed by atoms with Gasteiger partial charge in [0, 0.05) is 54.3 Å². The van der Waals surface area contributed by atoms with Gasteiger partial charge in [-0.2, -0.15) is 8.78 Å². The van der Waals surface area contributed by atoms with Crippen LogP contribution in [0.5, 0.6) is 11.5 Å². The van der Waals surface area contributed by atoms with E-state index in [0.29, 0.717) is 36.8 Å². The first-order valence-electron chi connectivity index (χ1n) is 44.6. The van der Waals surface area contributed by atoms with Gasteiger partial charge in [-0.25, -0.2) is 28.0 Å². The predicted molar refractivity (Wildman–Crippen MR) is 536 cm³/mol. The maximum Gasteiger partial charge on any atom is 0.573 e. The number of aliphatic carboxylic acids is 4. The molecule has 4 aliphatic carbocycles. The third-order valence-electron chi connectivity index (χ3n) is 23.5. The van der Waals surface area contributed by atoms with Crippen molar-refractivity contribution in [3.05, 3.63) is 459 Å². The quantitative estimate of drug-likeness (QED) is 0.0210. The minimum absolute atomic E-state index is 0.00635. The number of carbonyl (C=O) groups is 4. The van der Waals surface area contributed by atoms with Gasteiger partial charge in [-0.1, -0.05) is 318 Å². The Morgan fingerprint density at radius 3 is 0.971 bits per heavy atom. The number of aryl methyl sites for hydroxylation is 1. The summed E-state index contributed by atoms with van der Waals surface area (Å²) in [6.45, 7) is 11.9. The fourth-order valence-electron chi connectivity index (χ4n) is 17.5. The molecule has 0 unspecified atom stereocenters. The van der Waals surface area contributed by atoms with E-state index in [2.05, 4.69) is 109 Å². The van der Waals surface area contributed by atoms with Crippen LogP contribution >= 0.6 is 11.6 Å². The largest absolute Gasteiger partial charge is 0.573 e. The zero-order valence-electron chi connectivity index (χ0n) is 76.0. The van der Waals surface area contributed by atoms with E-state index in [1.54, 1.807) is 66.8 Å². The minimum Gasteiger partial charge on any atom is -0.478 e. The van der Waals surface area contributed by atoms with Crippen molar-refractivity contribution in [2.75, 3.05) is 0 Å². The molecule has 16 rings (SSSR count). The van der Waals surface area contributed by atoms with Gasteiger partial charge < -0.3 is 29.9 Å². The Bertz CT molecular complexity index is 6880. The number of carboxylic acid groups (broad SMARTS) is 4. The summed E-state index contributed by atoms with van der Waals surface area (Å²) in [7, 11) is 0. The summed E-state index contributed by atoms with van der Waals surface area (Å²) in [6, 6.07) is 89.6. The van der Waals surface area contributed by atoms with E-state index in [0.717, 1.165) is 191 Å². The zero-order valence-corrected chi connectivity index (χ0v) is 76.7. The van der Waals surface area contributed by atoms with Crippen LogP contribution in [-0.4, -0.2) is 56.8 Å². The SMILES string of the molecule is CC/C(=C(\C1=Cc2ccccc2C1)c1ccc(/C=C/C(=O)O)cc1)c1ccc(C)cc1Cl.CC/C(=C(\C1=Cc2ccccc2C1)c1ccc(/C=C/C(=O)O)cc1)c1cccc(C(C)(F)F)c1.CC/C(=C(\C1=Cc2ccccc2C1)c1ccc(/C=C/C(=O)O)cc1)c1cccc(OC(C)(F)F)c1.CC/C(=C(\C1=Cc2ccccc2C1)c1ccc(/C=C/C(=O)O)cc1)c1ccccc1OC(F)(F)F. The highest BCUT2D eigenvalue weighted by atomic mass is 35.5. The molecule has 688 valence electrons. The van der Waals surface area contributed by atoms with Crippen molar-refractivity contribution >= 4 is 129 Å². The van der Waals surface area contributed by atoms with Gasteiger partial charge in [0.25, 0.3) is 5.92 Å². The van der Waals surface area contributed by atoms with Gasteiger partial charge in [0.05, 0.1) is 0 Å². The minimum atomic E-state index is -4.81. The normalized spacial score (nSPS) is 13.9. The Kier molecular flexibility index (Phi) is 32.2. The summed E-state index contributed by atoms with van der Waals surface area (Å²) in [5, 5.41) is 36.4. The lowest BCUT2D eigenvalue weighted by Gasteiger charge is -2.20. The van der Waals surface area contributed by atoms with Crippen molar-refractivity contribution in [1.29, 1.82) is 0 Å². The highest BCUT2D eigenvalue weighted by Gasteiger charge is 2.34.